The Bertz CT molecular complexity index is 575. The number of oxime groups is 1. The molecule has 0 spiro atoms. The van der Waals surface area contributed by atoms with Crippen molar-refractivity contribution in [2.24, 2.45) is 10.9 Å². The number of fused-ring (bicyclic) bond motifs is 1. The molecule has 3 N–H and O–H groups in total. The molecule has 0 bridgehead atoms. The van der Waals surface area contributed by atoms with Gasteiger partial charge >= 0.3 is 0 Å². The number of hydrogen-bond donors (Lipinski definition) is 2. The first kappa shape index (κ1) is 12.4. The van der Waals surface area contributed by atoms with Crippen LogP contribution in [0.25, 0.3) is 10.9 Å². The number of nitrogens with zero attached hydrogens (tertiary/aromatic N) is 2. The quantitative estimate of drug-likeness (QED) is 0.375. The first-order valence-electron chi connectivity index (χ1n) is 5.74. The minimum Gasteiger partial charge on any atom is -0.409 e. The summed E-state index contributed by atoms with van der Waals surface area (Å²) in [5, 5.41) is 12.7. The molecule has 0 fully saturated rings. The molecule has 1 unspecified atom stereocenters. The molecule has 1 atom stereocenters. The molecule has 2 rings (SSSR count). The van der Waals surface area contributed by atoms with Crippen LogP contribution in [0.1, 0.15) is 18.5 Å². The number of methoxy groups -OCH3 is 1. The summed E-state index contributed by atoms with van der Waals surface area (Å²) in [5.41, 5.74) is 7.39. The van der Waals surface area contributed by atoms with Crippen LogP contribution in [0.15, 0.2) is 35.6 Å². The summed E-state index contributed by atoms with van der Waals surface area (Å²) in [5.74, 6) is 0.120. The third-order valence-electron chi connectivity index (χ3n) is 3.01. The molecule has 1 heterocycles. The largest absolute Gasteiger partial charge is 0.409 e. The lowest BCUT2D eigenvalue weighted by Crippen LogP contribution is -2.13. The Morgan fingerprint density at radius 3 is 2.94 bits per heavy atom. The smallest absolute Gasteiger partial charge is 0.170 e. The Morgan fingerprint density at radius 1 is 1.50 bits per heavy atom. The summed E-state index contributed by atoms with van der Waals surface area (Å²) >= 11 is 0. The molecular formula is C13H17N3O2. The molecule has 0 saturated carbocycles. The van der Waals surface area contributed by atoms with Crippen molar-refractivity contribution in [3.63, 3.8) is 0 Å². The molecule has 96 valence electrons. The summed E-state index contributed by atoms with van der Waals surface area (Å²) < 4.78 is 7.31. The Balaban J connectivity index is 2.43. The van der Waals surface area contributed by atoms with Gasteiger partial charge in [0.2, 0.25) is 0 Å². The van der Waals surface area contributed by atoms with Gasteiger partial charge in [-0.05, 0) is 31.2 Å². The molecule has 0 aliphatic carbocycles. The molecule has 0 radical (unpaired) electrons. The summed E-state index contributed by atoms with van der Waals surface area (Å²) in [7, 11) is 1.69. The molecule has 1 aromatic heterocycles. The zero-order valence-electron chi connectivity index (χ0n) is 10.5. The second-order valence-corrected chi connectivity index (χ2v) is 4.29. The zero-order valence-corrected chi connectivity index (χ0v) is 10.5. The number of ether oxygens (including phenoxy) is 1. The Kier molecular flexibility index (Phi) is 3.53. The van der Waals surface area contributed by atoms with E-state index in [2.05, 4.69) is 16.6 Å². The van der Waals surface area contributed by atoms with E-state index in [4.69, 9.17) is 15.7 Å². The van der Waals surface area contributed by atoms with Crippen LogP contribution >= 0.6 is 0 Å². The first-order valence-corrected chi connectivity index (χ1v) is 5.74. The molecule has 0 saturated heterocycles. The normalized spacial score (nSPS) is 14.0. The summed E-state index contributed by atoms with van der Waals surface area (Å²) in [4.78, 5) is 0. The topological polar surface area (TPSA) is 72.8 Å². The number of nitrogens with two attached hydrogens (primary N) is 1. The van der Waals surface area contributed by atoms with Crippen molar-refractivity contribution in [1.29, 1.82) is 0 Å². The third-order valence-corrected chi connectivity index (χ3v) is 3.01. The van der Waals surface area contributed by atoms with E-state index in [0.29, 0.717) is 12.2 Å². The molecular weight excluding hydrogens is 230 g/mol. The van der Waals surface area contributed by atoms with E-state index in [1.165, 1.54) is 0 Å². The van der Waals surface area contributed by atoms with E-state index in [1.54, 1.807) is 7.11 Å². The van der Waals surface area contributed by atoms with Gasteiger partial charge in [0, 0.05) is 29.8 Å². The molecule has 5 nitrogen and oxygen atoms in total. The maximum Gasteiger partial charge on any atom is 0.170 e. The van der Waals surface area contributed by atoms with Crippen LogP contribution in [0.3, 0.4) is 0 Å². The molecule has 0 amide bonds. The van der Waals surface area contributed by atoms with Crippen LogP contribution in [0.2, 0.25) is 0 Å². The molecule has 18 heavy (non-hydrogen) atoms. The maximum absolute atomic E-state index is 8.66. The fraction of sp³-hybridized carbons (Fsp3) is 0.308. The van der Waals surface area contributed by atoms with Crippen molar-refractivity contribution in [3.05, 3.63) is 36.0 Å². The van der Waals surface area contributed by atoms with Gasteiger partial charge in [-0.25, -0.2) is 0 Å². The van der Waals surface area contributed by atoms with Crippen LogP contribution in [-0.4, -0.2) is 29.3 Å². The third kappa shape index (κ3) is 2.17. The number of rotatable bonds is 4. The number of aromatic nitrogens is 1. The van der Waals surface area contributed by atoms with Gasteiger partial charge in [0.25, 0.3) is 0 Å². The SMILES string of the molecule is COCC(C)n1ccc2cc(/C(N)=N/O)ccc21. The van der Waals surface area contributed by atoms with Crippen molar-refractivity contribution >= 4 is 16.7 Å². The fourth-order valence-electron chi connectivity index (χ4n) is 2.09. The summed E-state index contributed by atoms with van der Waals surface area (Å²) in [6.07, 6.45) is 2.02. The minimum atomic E-state index is 0.120. The van der Waals surface area contributed by atoms with Gasteiger partial charge in [-0.1, -0.05) is 5.16 Å². The molecule has 1 aromatic carbocycles. The molecule has 0 aliphatic heterocycles. The van der Waals surface area contributed by atoms with Crippen LogP contribution in [0, 0.1) is 0 Å². The number of hydrogen-bond acceptors (Lipinski definition) is 3. The van der Waals surface area contributed by atoms with Gasteiger partial charge in [-0.15, -0.1) is 0 Å². The maximum atomic E-state index is 8.66. The van der Waals surface area contributed by atoms with E-state index < -0.39 is 0 Å². The number of benzene rings is 1. The highest BCUT2D eigenvalue weighted by atomic mass is 16.5. The second kappa shape index (κ2) is 5.10. The van der Waals surface area contributed by atoms with Crippen LogP contribution < -0.4 is 5.73 Å². The Labute approximate surface area is 105 Å². The van der Waals surface area contributed by atoms with Crippen LogP contribution in [0.4, 0.5) is 0 Å². The summed E-state index contributed by atoms with van der Waals surface area (Å²) in [6, 6.07) is 7.99. The molecule has 2 aromatic rings. The fourth-order valence-corrected chi connectivity index (χ4v) is 2.09. The average molecular weight is 247 g/mol. The first-order chi connectivity index (χ1) is 8.67. The Morgan fingerprint density at radius 2 is 2.28 bits per heavy atom. The molecule has 5 heteroatoms. The van der Waals surface area contributed by atoms with Gasteiger partial charge in [0.15, 0.2) is 5.84 Å². The van der Waals surface area contributed by atoms with Crippen molar-refractivity contribution in [3.8, 4) is 0 Å². The van der Waals surface area contributed by atoms with Gasteiger partial charge < -0.3 is 20.2 Å². The van der Waals surface area contributed by atoms with E-state index >= 15 is 0 Å². The highest BCUT2D eigenvalue weighted by Gasteiger charge is 2.09. The lowest BCUT2D eigenvalue weighted by Gasteiger charge is -2.14. The lowest BCUT2D eigenvalue weighted by atomic mass is 10.1. The second-order valence-electron chi connectivity index (χ2n) is 4.29. The van der Waals surface area contributed by atoms with Gasteiger partial charge in [0.1, 0.15) is 0 Å². The monoisotopic (exact) mass is 247 g/mol. The van der Waals surface area contributed by atoms with E-state index in [-0.39, 0.29) is 11.9 Å². The predicted molar refractivity (Wildman–Crippen MR) is 71.0 cm³/mol. The summed E-state index contributed by atoms with van der Waals surface area (Å²) in [6.45, 7) is 2.76. The van der Waals surface area contributed by atoms with Gasteiger partial charge in [-0.3, -0.25) is 0 Å². The van der Waals surface area contributed by atoms with Crippen LogP contribution in [0.5, 0.6) is 0 Å². The van der Waals surface area contributed by atoms with Gasteiger partial charge in [0.05, 0.1) is 12.6 Å². The predicted octanol–water partition coefficient (Wildman–Crippen LogP) is 1.94. The zero-order chi connectivity index (χ0) is 13.1. The van der Waals surface area contributed by atoms with Crippen molar-refractivity contribution in [1.82, 2.24) is 4.57 Å². The van der Waals surface area contributed by atoms with E-state index in [9.17, 15) is 0 Å². The highest BCUT2D eigenvalue weighted by Crippen LogP contribution is 2.21. The highest BCUT2D eigenvalue weighted by molar-refractivity contribution is 6.00. The molecule has 0 aliphatic rings. The van der Waals surface area contributed by atoms with E-state index in [1.807, 2.05) is 30.5 Å². The number of amidine groups is 1. The van der Waals surface area contributed by atoms with Crippen molar-refractivity contribution < 1.29 is 9.94 Å². The van der Waals surface area contributed by atoms with Crippen LogP contribution in [-0.2, 0) is 4.74 Å². The van der Waals surface area contributed by atoms with E-state index in [0.717, 1.165) is 10.9 Å². The van der Waals surface area contributed by atoms with Gasteiger partial charge in [-0.2, -0.15) is 0 Å². The minimum absolute atomic E-state index is 0.120. The standard InChI is InChI=1S/C13H17N3O2/c1-9(8-18-2)16-6-5-10-7-11(13(14)15-17)3-4-12(10)16/h3-7,9,17H,8H2,1-2H3,(H2,14,15). The van der Waals surface area contributed by atoms with Crippen molar-refractivity contribution in [2.75, 3.05) is 13.7 Å². The lowest BCUT2D eigenvalue weighted by molar-refractivity contribution is 0.164. The Hall–Kier alpha value is -2.01. The average Bonchev–Trinajstić information content (AvgIpc) is 2.80. The van der Waals surface area contributed by atoms with Crippen molar-refractivity contribution in [2.45, 2.75) is 13.0 Å².